The molecule has 1 aliphatic rings. The van der Waals surface area contributed by atoms with Gasteiger partial charge in [0.05, 0.1) is 6.42 Å². The SMILES string of the molecule is CCC=CCC=CCC=CCC=CCC=CCCC[C@@]1(O)CC(=O)c2c(O)cc(O)cc2O1. The highest BCUT2D eigenvalue weighted by molar-refractivity contribution is 6.02. The monoisotopic (exact) mass is 452 g/mol. The maximum atomic E-state index is 12.3. The van der Waals surface area contributed by atoms with Crippen LogP contribution in [0.5, 0.6) is 17.2 Å². The van der Waals surface area contributed by atoms with Gasteiger partial charge in [0.25, 0.3) is 0 Å². The summed E-state index contributed by atoms with van der Waals surface area (Å²) in [5.74, 6) is -2.56. The summed E-state index contributed by atoms with van der Waals surface area (Å²) in [4.78, 5) is 12.3. The van der Waals surface area contributed by atoms with Crippen molar-refractivity contribution >= 4 is 5.78 Å². The van der Waals surface area contributed by atoms with Crippen LogP contribution in [0.3, 0.4) is 0 Å². The molecular formula is C28H36O5. The van der Waals surface area contributed by atoms with Gasteiger partial charge in [0, 0.05) is 18.6 Å². The third kappa shape index (κ3) is 9.54. The van der Waals surface area contributed by atoms with Crippen molar-refractivity contribution in [3.05, 3.63) is 78.5 Å². The van der Waals surface area contributed by atoms with Crippen LogP contribution in [0.2, 0.25) is 0 Å². The summed E-state index contributed by atoms with van der Waals surface area (Å²) in [5, 5.41) is 30.1. The van der Waals surface area contributed by atoms with Gasteiger partial charge in [-0.05, 0) is 44.9 Å². The zero-order valence-corrected chi connectivity index (χ0v) is 19.5. The molecule has 178 valence electrons. The normalized spacial score (nSPS) is 18.9. The topological polar surface area (TPSA) is 87.0 Å². The van der Waals surface area contributed by atoms with E-state index in [-0.39, 0.29) is 35.7 Å². The zero-order chi connectivity index (χ0) is 23.9. The molecule has 5 heteroatoms. The first-order valence-corrected chi connectivity index (χ1v) is 11.7. The summed E-state index contributed by atoms with van der Waals surface area (Å²) in [6.45, 7) is 2.14. The smallest absolute Gasteiger partial charge is 0.215 e. The van der Waals surface area contributed by atoms with Gasteiger partial charge in [0.15, 0.2) is 5.78 Å². The van der Waals surface area contributed by atoms with Gasteiger partial charge in [-0.1, -0.05) is 67.7 Å². The van der Waals surface area contributed by atoms with Gasteiger partial charge < -0.3 is 20.1 Å². The first-order valence-electron chi connectivity index (χ1n) is 11.7. The summed E-state index contributed by atoms with van der Waals surface area (Å²) in [6, 6.07) is 2.33. The number of Topliss-reactive ketones (excluding diaryl/α,β-unsaturated/α-hetero) is 1. The largest absolute Gasteiger partial charge is 0.508 e. The van der Waals surface area contributed by atoms with E-state index < -0.39 is 11.6 Å². The van der Waals surface area contributed by atoms with Crippen molar-refractivity contribution < 1.29 is 24.9 Å². The third-order valence-electron chi connectivity index (χ3n) is 5.18. The summed E-state index contributed by atoms with van der Waals surface area (Å²) in [7, 11) is 0. The standard InChI is InChI=1S/C28H36O5/c1-2-3-4-5-6-7-8-9-10-11-12-13-14-15-16-17-18-19-28(32)22-25(31)27-24(30)20-23(29)21-26(27)33-28/h3-4,6-7,9-10,12-13,15-16,20-21,29-30,32H,2,5,8,11,14,17-19,22H2,1H3/t28-/m0/s1. The van der Waals surface area contributed by atoms with Gasteiger partial charge in [-0.15, -0.1) is 0 Å². The van der Waals surface area contributed by atoms with Crippen LogP contribution in [0, 0.1) is 0 Å². The molecule has 0 saturated heterocycles. The molecule has 0 radical (unpaired) electrons. The molecular weight excluding hydrogens is 416 g/mol. The van der Waals surface area contributed by atoms with Crippen LogP contribution in [0.4, 0.5) is 0 Å². The molecule has 2 rings (SSSR count). The number of phenols is 2. The predicted molar refractivity (Wildman–Crippen MR) is 133 cm³/mol. The minimum Gasteiger partial charge on any atom is -0.508 e. The molecule has 0 bridgehead atoms. The molecule has 0 spiro atoms. The molecule has 0 aliphatic carbocycles. The fourth-order valence-corrected chi connectivity index (χ4v) is 3.53. The number of benzene rings is 1. The van der Waals surface area contributed by atoms with Crippen molar-refractivity contribution in [2.75, 3.05) is 0 Å². The molecule has 1 heterocycles. The van der Waals surface area contributed by atoms with Crippen molar-refractivity contribution in [2.24, 2.45) is 0 Å². The van der Waals surface area contributed by atoms with E-state index in [1.54, 1.807) is 0 Å². The summed E-state index contributed by atoms with van der Waals surface area (Å²) < 4.78 is 5.55. The Morgan fingerprint density at radius 3 is 2.00 bits per heavy atom. The lowest BCUT2D eigenvalue weighted by Crippen LogP contribution is -2.41. The number of carbonyl (C=O) groups excluding carboxylic acids is 1. The highest BCUT2D eigenvalue weighted by Gasteiger charge is 2.39. The fraction of sp³-hybridized carbons (Fsp3) is 0.393. The van der Waals surface area contributed by atoms with E-state index >= 15 is 0 Å². The van der Waals surface area contributed by atoms with E-state index in [1.165, 1.54) is 6.07 Å². The van der Waals surface area contributed by atoms with Gasteiger partial charge in [0.1, 0.15) is 22.8 Å². The Hall–Kier alpha value is -3.05. The fourth-order valence-electron chi connectivity index (χ4n) is 3.53. The minimum atomic E-state index is -1.62. The number of rotatable bonds is 13. The van der Waals surface area contributed by atoms with E-state index in [9.17, 15) is 20.1 Å². The molecule has 1 aromatic carbocycles. The summed E-state index contributed by atoms with van der Waals surface area (Å²) >= 11 is 0. The second kappa shape index (κ2) is 14.2. The van der Waals surface area contributed by atoms with Gasteiger partial charge in [-0.25, -0.2) is 0 Å². The number of aromatic hydroxyl groups is 2. The maximum Gasteiger partial charge on any atom is 0.215 e. The van der Waals surface area contributed by atoms with E-state index in [0.717, 1.165) is 44.6 Å². The number of ketones is 1. The van der Waals surface area contributed by atoms with Gasteiger partial charge in [-0.3, -0.25) is 4.79 Å². The number of allylic oxidation sites excluding steroid dienone is 10. The molecule has 1 aliphatic heterocycles. The lowest BCUT2D eigenvalue weighted by molar-refractivity contribution is -0.145. The number of carbonyl (C=O) groups is 1. The lowest BCUT2D eigenvalue weighted by atomic mass is 9.94. The molecule has 33 heavy (non-hydrogen) atoms. The van der Waals surface area contributed by atoms with Crippen molar-refractivity contribution in [1.29, 1.82) is 0 Å². The minimum absolute atomic E-state index is 0.00954. The first kappa shape index (κ1) is 26.2. The van der Waals surface area contributed by atoms with Gasteiger partial charge in [0.2, 0.25) is 5.79 Å². The van der Waals surface area contributed by atoms with Crippen LogP contribution < -0.4 is 4.74 Å². The van der Waals surface area contributed by atoms with E-state index in [4.69, 9.17) is 4.74 Å². The molecule has 0 aromatic heterocycles. The summed E-state index contributed by atoms with van der Waals surface area (Å²) in [5.41, 5.74) is 0.00954. The predicted octanol–water partition coefficient (Wildman–Crippen LogP) is 6.67. The van der Waals surface area contributed by atoms with Gasteiger partial charge >= 0.3 is 0 Å². The number of hydrogen-bond acceptors (Lipinski definition) is 5. The second-order valence-electron chi connectivity index (χ2n) is 8.09. The number of phenolic OH excluding ortho intramolecular Hbond substituents is 2. The number of aliphatic hydroxyl groups is 1. The quantitative estimate of drug-likeness (QED) is 0.230. The van der Waals surface area contributed by atoms with E-state index in [1.807, 2.05) is 0 Å². The lowest BCUT2D eigenvalue weighted by Gasteiger charge is -2.33. The van der Waals surface area contributed by atoms with Crippen molar-refractivity contribution in [2.45, 2.75) is 70.5 Å². The Labute approximate surface area is 197 Å². The number of ether oxygens (including phenoxy) is 1. The molecule has 0 amide bonds. The average Bonchev–Trinajstić information content (AvgIpc) is 2.75. The molecule has 1 aromatic rings. The van der Waals surface area contributed by atoms with Crippen LogP contribution >= 0.6 is 0 Å². The van der Waals surface area contributed by atoms with E-state index in [0.29, 0.717) is 6.42 Å². The molecule has 0 saturated carbocycles. The van der Waals surface area contributed by atoms with Crippen molar-refractivity contribution in [1.82, 2.24) is 0 Å². The number of fused-ring (bicyclic) bond motifs is 1. The maximum absolute atomic E-state index is 12.3. The van der Waals surface area contributed by atoms with Gasteiger partial charge in [-0.2, -0.15) is 0 Å². The van der Waals surface area contributed by atoms with E-state index in [2.05, 4.69) is 67.7 Å². The Kier molecular flexibility index (Phi) is 11.3. The Morgan fingerprint density at radius 1 is 0.879 bits per heavy atom. The van der Waals surface area contributed by atoms with Crippen molar-refractivity contribution in [3.8, 4) is 17.2 Å². The summed E-state index contributed by atoms with van der Waals surface area (Å²) in [6.07, 6.45) is 27.7. The molecule has 0 unspecified atom stereocenters. The highest BCUT2D eigenvalue weighted by atomic mass is 16.6. The molecule has 5 nitrogen and oxygen atoms in total. The molecule has 3 N–H and O–H groups in total. The van der Waals surface area contributed by atoms with Crippen LogP contribution in [0.15, 0.2) is 72.9 Å². The van der Waals surface area contributed by atoms with Crippen LogP contribution in [0.1, 0.15) is 75.1 Å². The average molecular weight is 453 g/mol. The highest BCUT2D eigenvalue weighted by Crippen LogP contribution is 2.41. The second-order valence-corrected chi connectivity index (χ2v) is 8.09. The van der Waals surface area contributed by atoms with Crippen molar-refractivity contribution in [3.63, 3.8) is 0 Å². The van der Waals surface area contributed by atoms with Crippen LogP contribution in [-0.2, 0) is 0 Å². The Bertz CT molecular complexity index is 907. The molecule has 1 atom stereocenters. The Morgan fingerprint density at radius 2 is 1.42 bits per heavy atom. The van der Waals surface area contributed by atoms with Crippen LogP contribution in [-0.4, -0.2) is 26.9 Å². The first-order chi connectivity index (χ1) is 15.9. The molecule has 0 fully saturated rings. The third-order valence-corrected chi connectivity index (χ3v) is 5.18. The number of unbranched alkanes of at least 4 members (excludes halogenated alkanes) is 1. The van der Waals surface area contributed by atoms with Crippen LogP contribution in [0.25, 0.3) is 0 Å². The number of hydrogen-bond donors (Lipinski definition) is 3. The zero-order valence-electron chi connectivity index (χ0n) is 19.5. The Balaban J connectivity index is 1.61.